The van der Waals surface area contributed by atoms with Gasteiger partial charge >= 0.3 is 0 Å². The number of aromatic nitrogens is 1. The Bertz CT molecular complexity index is 778. The number of sulfonamides is 1. The maximum absolute atomic E-state index is 13.0. The third-order valence-electron chi connectivity index (χ3n) is 4.33. The minimum atomic E-state index is -3.52. The monoisotopic (exact) mass is 334 g/mol. The summed E-state index contributed by atoms with van der Waals surface area (Å²) in [4.78, 5) is 0.338. The van der Waals surface area contributed by atoms with Gasteiger partial charge in [0.15, 0.2) is 5.76 Å². The summed E-state index contributed by atoms with van der Waals surface area (Å²) in [5.74, 6) is 1.01. The van der Waals surface area contributed by atoms with Crippen LogP contribution in [0.4, 0.5) is 0 Å². The van der Waals surface area contributed by atoms with Gasteiger partial charge in [-0.05, 0) is 43.4 Å². The van der Waals surface area contributed by atoms with E-state index in [-0.39, 0.29) is 6.04 Å². The Labute approximate surface area is 137 Å². The normalized spacial score (nSPS) is 19.6. The third kappa shape index (κ3) is 3.05. The fourth-order valence-corrected chi connectivity index (χ4v) is 4.68. The predicted molar refractivity (Wildman–Crippen MR) is 87.6 cm³/mol. The predicted octanol–water partition coefficient (Wildman–Crippen LogP) is 3.63. The summed E-state index contributed by atoms with van der Waals surface area (Å²) in [7, 11) is -3.52. The molecule has 0 spiro atoms. The van der Waals surface area contributed by atoms with Crippen LogP contribution in [0.2, 0.25) is 0 Å². The number of hydrogen-bond donors (Lipinski definition) is 0. The van der Waals surface area contributed by atoms with E-state index in [0.29, 0.717) is 23.1 Å². The number of hydrogen-bond acceptors (Lipinski definition) is 4. The number of benzene rings is 1. The molecular weight excluding hydrogens is 312 g/mol. The molecule has 0 radical (unpaired) electrons. The smallest absolute Gasteiger partial charge is 0.243 e. The first-order chi connectivity index (χ1) is 10.9. The second-order valence-electron chi connectivity index (χ2n) is 6.37. The van der Waals surface area contributed by atoms with Gasteiger partial charge < -0.3 is 4.52 Å². The van der Waals surface area contributed by atoms with Crippen LogP contribution in [0, 0.1) is 6.92 Å². The fraction of sp³-hybridized carbons (Fsp3) is 0.471. The van der Waals surface area contributed by atoms with Crippen LogP contribution < -0.4 is 0 Å². The van der Waals surface area contributed by atoms with Gasteiger partial charge in [-0.2, -0.15) is 4.31 Å². The van der Waals surface area contributed by atoms with E-state index < -0.39 is 10.0 Å². The Morgan fingerprint density at radius 1 is 1.26 bits per heavy atom. The van der Waals surface area contributed by atoms with E-state index >= 15 is 0 Å². The van der Waals surface area contributed by atoms with Crippen molar-refractivity contribution >= 4 is 10.0 Å². The van der Waals surface area contributed by atoms with Crippen LogP contribution in [-0.2, 0) is 10.0 Å². The van der Waals surface area contributed by atoms with E-state index in [9.17, 15) is 8.42 Å². The van der Waals surface area contributed by atoms with E-state index in [1.54, 1.807) is 12.1 Å². The lowest BCUT2D eigenvalue weighted by Crippen LogP contribution is -2.30. The van der Waals surface area contributed by atoms with Gasteiger partial charge in [0, 0.05) is 12.6 Å². The van der Waals surface area contributed by atoms with Crippen LogP contribution in [0.15, 0.2) is 39.8 Å². The average Bonchev–Trinajstić information content (AvgIpc) is 3.16. The third-order valence-corrected chi connectivity index (χ3v) is 6.25. The molecule has 3 rings (SSSR count). The Morgan fingerprint density at radius 2 is 1.96 bits per heavy atom. The summed E-state index contributed by atoms with van der Waals surface area (Å²) >= 11 is 0. The maximum Gasteiger partial charge on any atom is 0.243 e. The molecular formula is C17H22N2O3S. The van der Waals surface area contributed by atoms with Gasteiger partial charge in [-0.15, -0.1) is 0 Å². The molecule has 1 aliphatic rings. The standard InChI is InChI=1S/C17H22N2O3S/c1-12(2)14-6-8-15(9-7-14)23(20,21)19-10-4-5-16(19)17-11-13(3)18-22-17/h6-9,11-12,16H,4-5,10H2,1-3H3/t16-/m0/s1. The van der Waals surface area contributed by atoms with E-state index in [2.05, 4.69) is 19.0 Å². The van der Waals surface area contributed by atoms with Gasteiger partial charge in [-0.1, -0.05) is 31.1 Å². The minimum absolute atomic E-state index is 0.258. The second kappa shape index (κ2) is 6.09. The summed E-state index contributed by atoms with van der Waals surface area (Å²) in [6, 6.07) is 8.74. The van der Waals surface area contributed by atoms with E-state index in [4.69, 9.17) is 4.52 Å². The molecule has 1 aliphatic heterocycles. The van der Waals surface area contributed by atoms with Crippen molar-refractivity contribution in [2.45, 2.75) is 50.5 Å². The quantitative estimate of drug-likeness (QED) is 0.856. The van der Waals surface area contributed by atoms with E-state index in [1.807, 2.05) is 25.1 Å². The number of nitrogens with zero attached hydrogens (tertiary/aromatic N) is 2. The fourth-order valence-electron chi connectivity index (χ4n) is 3.01. The minimum Gasteiger partial charge on any atom is -0.359 e. The molecule has 0 saturated carbocycles. The molecule has 23 heavy (non-hydrogen) atoms. The van der Waals surface area contributed by atoms with Crippen molar-refractivity contribution in [2.24, 2.45) is 0 Å². The Balaban J connectivity index is 1.91. The van der Waals surface area contributed by atoms with E-state index in [0.717, 1.165) is 24.1 Å². The molecule has 1 aromatic carbocycles. The largest absolute Gasteiger partial charge is 0.359 e. The van der Waals surface area contributed by atoms with Gasteiger partial charge in [0.1, 0.15) is 0 Å². The van der Waals surface area contributed by atoms with Crippen LogP contribution in [0.3, 0.4) is 0 Å². The molecule has 5 nitrogen and oxygen atoms in total. The highest BCUT2D eigenvalue weighted by molar-refractivity contribution is 7.89. The lowest BCUT2D eigenvalue weighted by atomic mass is 10.0. The highest BCUT2D eigenvalue weighted by Gasteiger charge is 2.38. The molecule has 1 fully saturated rings. The lowest BCUT2D eigenvalue weighted by Gasteiger charge is -2.22. The van der Waals surface area contributed by atoms with Gasteiger partial charge in [-0.3, -0.25) is 0 Å². The second-order valence-corrected chi connectivity index (χ2v) is 8.26. The first kappa shape index (κ1) is 16.2. The van der Waals surface area contributed by atoms with Crippen LogP contribution in [0.5, 0.6) is 0 Å². The molecule has 0 unspecified atom stereocenters. The summed E-state index contributed by atoms with van der Waals surface area (Å²) in [5.41, 5.74) is 1.90. The molecule has 0 amide bonds. The van der Waals surface area contributed by atoms with Gasteiger partial charge in [0.2, 0.25) is 10.0 Å². The highest BCUT2D eigenvalue weighted by Crippen LogP contribution is 2.36. The van der Waals surface area contributed by atoms with E-state index in [1.165, 1.54) is 4.31 Å². The van der Waals surface area contributed by atoms with Crippen LogP contribution in [0.1, 0.15) is 55.7 Å². The van der Waals surface area contributed by atoms with Crippen molar-refractivity contribution in [1.82, 2.24) is 9.46 Å². The van der Waals surface area contributed by atoms with Crippen molar-refractivity contribution in [3.8, 4) is 0 Å². The number of rotatable bonds is 4. The van der Waals surface area contributed by atoms with Gasteiger partial charge in [0.25, 0.3) is 0 Å². The van der Waals surface area contributed by atoms with Crippen molar-refractivity contribution in [2.75, 3.05) is 6.54 Å². The average molecular weight is 334 g/mol. The van der Waals surface area contributed by atoms with Gasteiger partial charge in [0.05, 0.1) is 16.6 Å². The van der Waals surface area contributed by atoms with Gasteiger partial charge in [-0.25, -0.2) is 8.42 Å². The van der Waals surface area contributed by atoms with Crippen molar-refractivity contribution in [3.63, 3.8) is 0 Å². The van der Waals surface area contributed by atoms with Crippen molar-refractivity contribution in [1.29, 1.82) is 0 Å². The molecule has 2 aromatic rings. The molecule has 1 atom stereocenters. The topological polar surface area (TPSA) is 63.4 Å². The molecule has 0 N–H and O–H groups in total. The Morgan fingerprint density at radius 3 is 2.52 bits per heavy atom. The molecule has 124 valence electrons. The summed E-state index contributed by atoms with van der Waals surface area (Å²) in [5, 5.41) is 3.88. The number of aryl methyl sites for hydroxylation is 1. The molecule has 2 heterocycles. The maximum atomic E-state index is 13.0. The van der Waals surface area contributed by atoms with Crippen molar-refractivity contribution in [3.05, 3.63) is 47.3 Å². The van der Waals surface area contributed by atoms with Crippen LogP contribution in [0.25, 0.3) is 0 Å². The first-order valence-electron chi connectivity index (χ1n) is 7.94. The Hall–Kier alpha value is -1.66. The first-order valence-corrected chi connectivity index (χ1v) is 9.38. The summed E-state index contributed by atoms with van der Waals surface area (Å²) in [6.07, 6.45) is 1.59. The SMILES string of the molecule is Cc1cc([C@@H]2CCCN2S(=O)(=O)c2ccc(C(C)C)cc2)on1. The van der Waals surface area contributed by atoms with Crippen molar-refractivity contribution < 1.29 is 12.9 Å². The summed E-state index contributed by atoms with van der Waals surface area (Å²) in [6.45, 7) is 6.53. The molecule has 6 heteroatoms. The molecule has 0 aliphatic carbocycles. The highest BCUT2D eigenvalue weighted by atomic mass is 32.2. The molecule has 1 aromatic heterocycles. The lowest BCUT2D eigenvalue weighted by molar-refractivity contribution is 0.297. The molecule has 1 saturated heterocycles. The zero-order valence-corrected chi connectivity index (χ0v) is 14.5. The van der Waals surface area contributed by atoms with Crippen LogP contribution in [-0.4, -0.2) is 24.4 Å². The zero-order chi connectivity index (χ0) is 16.6. The zero-order valence-electron chi connectivity index (χ0n) is 13.7. The molecule has 0 bridgehead atoms. The van der Waals surface area contributed by atoms with Crippen LogP contribution >= 0.6 is 0 Å². The summed E-state index contributed by atoms with van der Waals surface area (Å²) < 4.78 is 32.8. The Kier molecular flexibility index (Phi) is 4.29.